The van der Waals surface area contributed by atoms with Crippen LogP contribution in [0.15, 0.2) is 30.3 Å². The molecule has 2 heterocycles. The lowest BCUT2D eigenvalue weighted by Crippen LogP contribution is -2.47. The number of anilines is 1. The lowest BCUT2D eigenvalue weighted by Gasteiger charge is -2.40. The Hall–Kier alpha value is -1.95. The molecule has 0 radical (unpaired) electrons. The summed E-state index contributed by atoms with van der Waals surface area (Å²) in [5.41, 5.74) is 5.22. The van der Waals surface area contributed by atoms with E-state index >= 15 is 0 Å². The number of rotatable bonds is 9. The number of benzene rings is 2. The van der Waals surface area contributed by atoms with E-state index in [1.807, 2.05) is 12.1 Å². The minimum Gasteiger partial charge on any atom is -0.495 e. The average molecular weight is 500 g/mol. The summed E-state index contributed by atoms with van der Waals surface area (Å²) in [7, 11) is 1.67. The Morgan fingerprint density at radius 1 is 0.886 bits per heavy atom. The van der Waals surface area contributed by atoms with Crippen molar-refractivity contribution in [2.45, 2.75) is 52.5 Å². The van der Waals surface area contributed by atoms with Crippen molar-refractivity contribution in [2.24, 2.45) is 0 Å². The number of ether oxygens (including phenoxy) is 2. The molecule has 6 heteroatoms. The average Bonchev–Trinajstić information content (AvgIpc) is 2.89. The lowest BCUT2D eigenvalue weighted by molar-refractivity contribution is 0.197. The van der Waals surface area contributed by atoms with Crippen molar-refractivity contribution < 1.29 is 9.47 Å². The molecule has 1 atom stereocenters. The van der Waals surface area contributed by atoms with Gasteiger partial charge in [0.1, 0.15) is 11.5 Å². The molecule has 0 aliphatic carbocycles. The van der Waals surface area contributed by atoms with Gasteiger partial charge in [-0.3, -0.25) is 4.90 Å². The van der Waals surface area contributed by atoms with E-state index in [1.54, 1.807) is 7.11 Å². The second kappa shape index (κ2) is 12.3. The fourth-order valence-electron chi connectivity index (χ4n) is 5.49. The van der Waals surface area contributed by atoms with Crippen molar-refractivity contribution >= 4 is 17.3 Å². The molecule has 35 heavy (non-hydrogen) atoms. The monoisotopic (exact) mass is 499 g/mol. The van der Waals surface area contributed by atoms with Gasteiger partial charge in [-0.25, -0.2) is 0 Å². The third-order valence-electron chi connectivity index (χ3n) is 7.92. The summed E-state index contributed by atoms with van der Waals surface area (Å²) in [5, 5.41) is 0.656. The van der Waals surface area contributed by atoms with Gasteiger partial charge in [0.2, 0.25) is 0 Å². The molecule has 0 bridgehead atoms. The summed E-state index contributed by atoms with van der Waals surface area (Å²) < 4.78 is 11.6. The summed E-state index contributed by atoms with van der Waals surface area (Å²) in [6.07, 6.45) is 5.19. The van der Waals surface area contributed by atoms with E-state index in [-0.39, 0.29) is 0 Å². The van der Waals surface area contributed by atoms with Crippen LogP contribution in [0.3, 0.4) is 0 Å². The quantitative estimate of drug-likeness (QED) is 0.388. The molecule has 2 aromatic carbocycles. The zero-order chi connectivity index (χ0) is 24.8. The van der Waals surface area contributed by atoms with Crippen molar-refractivity contribution in [3.05, 3.63) is 52.0 Å². The zero-order valence-electron chi connectivity index (χ0n) is 22.0. The molecule has 0 spiro atoms. The lowest BCUT2D eigenvalue weighted by atomic mass is 9.96. The number of likely N-dealkylation sites (tertiary alicyclic amines) is 1. The Balaban J connectivity index is 1.30. The van der Waals surface area contributed by atoms with Crippen LogP contribution in [-0.4, -0.2) is 69.3 Å². The van der Waals surface area contributed by atoms with E-state index in [1.165, 1.54) is 54.7 Å². The first-order chi connectivity index (χ1) is 17.0. The normalized spacial score (nSPS) is 18.5. The van der Waals surface area contributed by atoms with E-state index < -0.39 is 0 Å². The number of piperazine rings is 1. The summed E-state index contributed by atoms with van der Waals surface area (Å²) >= 11 is 6.21. The summed E-state index contributed by atoms with van der Waals surface area (Å²) in [5.74, 6) is 1.78. The smallest absolute Gasteiger partial charge is 0.139 e. The van der Waals surface area contributed by atoms with Gasteiger partial charge in [0.05, 0.1) is 18.7 Å². The van der Waals surface area contributed by atoms with Gasteiger partial charge in [0.15, 0.2) is 0 Å². The summed E-state index contributed by atoms with van der Waals surface area (Å²) in [6, 6.07) is 10.9. The summed E-state index contributed by atoms with van der Waals surface area (Å²) in [4.78, 5) is 7.59. The molecule has 2 aliphatic heterocycles. The first-order valence-corrected chi connectivity index (χ1v) is 13.6. The first-order valence-electron chi connectivity index (χ1n) is 13.3. The van der Waals surface area contributed by atoms with Crippen LogP contribution in [0.4, 0.5) is 5.69 Å². The number of methoxy groups -OCH3 is 1. The molecule has 4 rings (SSSR count). The molecule has 0 aromatic heterocycles. The largest absolute Gasteiger partial charge is 0.495 e. The number of halogens is 1. The summed E-state index contributed by atoms with van der Waals surface area (Å²) in [6.45, 7) is 15.3. The van der Waals surface area contributed by atoms with Crippen LogP contribution < -0.4 is 14.4 Å². The molecular formula is C29H42ClN3O2. The van der Waals surface area contributed by atoms with Crippen molar-refractivity contribution in [1.82, 2.24) is 9.80 Å². The van der Waals surface area contributed by atoms with Gasteiger partial charge >= 0.3 is 0 Å². The van der Waals surface area contributed by atoms with E-state index in [0.29, 0.717) is 11.1 Å². The third-order valence-corrected chi connectivity index (χ3v) is 8.23. The standard InChI is InChI=1S/C29H42ClN3O2/c1-22-23(2)28(35-20-8-15-31-13-6-5-7-14-31)12-10-26(22)24(3)32-16-18-33(19-17-32)25-9-11-27(30)29(21-25)34-4/h9-12,21,24H,5-8,13-20H2,1-4H3. The molecule has 1 unspecified atom stereocenters. The van der Waals surface area contributed by atoms with Crippen molar-refractivity contribution in [1.29, 1.82) is 0 Å². The van der Waals surface area contributed by atoms with E-state index in [0.717, 1.165) is 57.3 Å². The van der Waals surface area contributed by atoms with Gasteiger partial charge < -0.3 is 19.3 Å². The molecule has 192 valence electrons. The van der Waals surface area contributed by atoms with Crippen LogP contribution in [0.25, 0.3) is 0 Å². The highest BCUT2D eigenvalue weighted by Crippen LogP contribution is 2.33. The highest BCUT2D eigenvalue weighted by Gasteiger charge is 2.24. The fraction of sp³-hybridized carbons (Fsp3) is 0.586. The molecule has 0 saturated carbocycles. The van der Waals surface area contributed by atoms with E-state index in [9.17, 15) is 0 Å². The first kappa shape index (κ1) is 26.1. The molecule has 2 aromatic rings. The Labute approximate surface area is 216 Å². The second-order valence-electron chi connectivity index (χ2n) is 10.0. The Morgan fingerprint density at radius 3 is 2.34 bits per heavy atom. The number of hydrogen-bond donors (Lipinski definition) is 0. The van der Waals surface area contributed by atoms with E-state index in [2.05, 4.69) is 53.7 Å². The maximum atomic E-state index is 6.21. The minimum atomic E-state index is 0.378. The SMILES string of the molecule is COc1cc(N2CCN(C(C)c3ccc(OCCCN4CCCCC4)c(C)c3C)CC2)ccc1Cl. The zero-order valence-corrected chi connectivity index (χ0v) is 22.7. The van der Waals surface area contributed by atoms with Crippen LogP contribution in [0.2, 0.25) is 5.02 Å². The van der Waals surface area contributed by atoms with Crippen molar-refractivity contribution in [2.75, 3.05) is 64.4 Å². The molecule has 2 saturated heterocycles. The molecular weight excluding hydrogens is 458 g/mol. The Kier molecular flexibility index (Phi) is 9.21. The Bertz CT molecular complexity index is 969. The van der Waals surface area contributed by atoms with Crippen LogP contribution in [0.1, 0.15) is 55.3 Å². The Morgan fingerprint density at radius 2 is 1.63 bits per heavy atom. The molecule has 2 aliphatic rings. The molecule has 5 nitrogen and oxygen atoms in total. The maximum absolute atomic E-state index is 6.21. The van der Waals surface area contributed by atoms with Crippen molar-refractivity contribution in [3.8, 4) is 11.5 Å². The van der Waals surface area contributed by atoms with Gasteiger partial charge in [-0.05, 0) is 88.0 Å². The van der Waals surface area contributed by atoms with Gasteiger partial charge in [-0.2, -0.15) is 0 Å². The van der Waals surface area contributed by atoms with Crippen LogP contribution in [0, 0.1) is 13.8 Å². The minimum absolute atomic E-state index is 0.378. The van der Waals surface area contributed by atoms with Gasteiger partial charge in [0, 0.05) is 50.5 Å². The molecule has 0 amide bonds. The van der Waals surface area contributed by atoms with Crippen LogP contribution >= 0.6 is 11.6 Å². The number of piperidine rings is 1. The van der Waals surface area contributed by atoms with Gasteiger partial charge in [-0.1, -0.05) is 24.1 Å². The predicted molar refractivity (Wildman–Crippen MR) is 147 cm³/mol. The second-order valence-corrected chi connectivity index (χ2v) is 10.4. The topological polar surface area (TPSA) is 28.2 Å². The predicted octanol–water partition coefficient (Wildman–Crippen LogP) is 6.10. The number of hydrogen-bond acceptors (Lipinski definition) is 5. The molecule has 2 fully saturated rings. The number of nitrogens with zero attached hydrogens (tertiary/aromatic N) is 3. The highest BCUT2D eigenvalue weighted by molar-refractivity contribution is 6.32. The maximum Gasteiger partial charge on any atom is 0.139 e. The van der Waals surface area contributed by atoms with E-state index in [4.69, 9.17) is 21.1 Å². The third kappa shape index (κ3) is 6.44. The van der Waals surface area contributed by atoms with Crippen LogP contribution in [-0.2, 0) is 0 Å². The molecule has 0 N–H and O–H groups in total. The van der Waals surface area contributed by atoms with Crippen molar-refractivity contribution in [3.63, 3.8) is 0 Å². The highest BCUT2D eigenvalue weighted by atomic mass is 35.5. The fourth-order valence-corrected chi connectivity index (χ4v) is 5.68. The van der Waals surface area contributed by atoms with Gasteiger partial charge in [0.25, 0.3) is 0 Å². The van der Waals surface area contributed by atoms with Crippen LogP contribution in [0.5, 0.6) is 11.5 Å². The van der Waals surface area contributed by atoms with Gasteiger partial charge in [-0.15, -0.1) is 0 Å².